The first-order chi connectivity index (χ1) is 8.66. The predicted molar refractivity (Wildman–Crippen MR) is 73.7 cm³/mol. The number of nitrogens with two attached hydrogens (primary N) is 1. The summed E-state index contributed by atoms with van der Waals surface area (Å²) in [6, 6.07) is 5.44. The van der Waals surface area contributed by atoms with Gasteiger partial charge in [-0.15, -0.1) is 11.3 Å². The van der Waals surface area contributed by atoms with Crippen molar-refractivity contribution in [1.29, 1.82) is 0 Å². The highest BCUT2D eigenvalue weighted by atomic mass is 32.1. The van der Waals surface area contributed by atoms with E-state index in [1.54, 1.807) is 29.7 Å². The Morgan fingerprint density at radius 3 is 3.00 bits per heavy atom. The largest absolute Gasteiger partial charge is 0.398 e. The van der Waals surface area contributed by atoms with Crippen LogP contribution in [0, 0.1) is 6.92 Å². The van der Waals surface area contributed by atoms with Crippen LogP contribution in [0.1, 0.15) is 20.9 Å². The number of nitrogens with one attached hydrogen (secondary N) is 1. The molecule has 1 amide bonds. The number of hydrogen-bond acceptors (Lipinski definition) is 4. The van der Waals surface area contributed by atoms with Crippen molar-refractivity contribution in [2.45, 2.75) is 13.3 Å². The number of carbonyl (C=O) groups excluding carboxylic acids is 1. The molecule has 2 rings (SSSR count). The van der Waals surface area contributed by atoms with Gasteiger partial charge in [0.1, 0.15) is 0 Å². The van der Waals surface area contributed by atoms with Gasteiger partial charge in [-0.05, 0) is 24.6 Å². The van der Waals surface area contributed by atoms with Crippen molar-refractivity contribution in [1.82, 2.24) is 10.3 Å². The number of hydrogen-bond donors (Lipinski definition) is 2. The lowest BCUT2D eigenvalue weighted by Crippen LogP contribution is -2.26. The van der Waals surface area contributed by atoms with E-state index in [1.165, 1.54) is 0 Å². The number of rotatable bonds is 4. The topological polar surface area (TPSA) is 68.0 Å². The number of anilines is 1. The molecule has 0 atom stereocenters. The first-order valence-corrected chi connectivity index (χ1v) is 6.57. The number of amides is 1. The van der Waals surface area contributed by atoms with E-state index in [-0.39, 0.29) is 5.91 Å². The number of carbonyl (C=O) groups is 1. The third kappa shape index (κ3) is 3.07. The maximum Gasteiger partial charge on any atom is 0.253 e. The lowest BCUT2D eigenvalue weighted by molar-refractivity contribution is 0.0955. The fourth-order valence-electron chi connectivity index (χ4n) is 1.64. The highest BCUT2D eigenvalue weighted by Crippen LogP contribution is 2.13. The first kappa shape index (κ1) is 12.6. The van der Waals surface area contributed by atoms with Gasteiger partial charge < -0.3 is 11.1 Å². The summed E-state index contributed by atoms with van der Waals surface area (Å²) in [5.41, 5.74) is 7.91. The van der Waals surface area contributed by atoms with Crippen molar-refractivity contribution in [3.63, 3.8) is 0 Å². The normalized spacial score (nSPS) is 10.3. The van der Waals surface area contributed by atoms with E-state index in [0.717, 1.165) is 17.0 Å². The van der Waals surface area contributed by atoms with Gasteiger partial charge in [0.2, 0.25) is 0 Å². The number of thiazole rings is 1. The molecule has 2 aromatic rings. The average Bonchev–Trinajstić information content (AvgIpc) is 2.81. The molecule has 1 aromatic carbocycles. The van der Waals surface area contributed by atoms with Crippen LogP contribution in [0.25, 0.3) is 0 Å². The molecule has 1 aromatic heterocycles. The summed E-state index contributed by atoms with van der Waals surface area (Å²) >= 11 is 1.59. The van der Waals surface area contributed by atoms with Gasteiger partial charge >= 0.3 is 0 Å². The number of benzene rings is 1. The highest BCUT2D eigenvalue weighted by molar-refractivity contribution is 7.09. The Bertz CT molecular complexity index is 537. The summed E-state index contributed by atoms with van der Waals surface area (Å²) < 4.78 is 0. The molecule has 0 saturated carbocycles. The molecule has 1 heterocycles. The molecule has 94 valence electrons. The number of nitrogens with zero attached hydrogens (tertiary/aromatic N) is 1. The molecule has 0 aliphatic rings. The second kappa shape index (κ2) is 5.64. The van der Waals surface area contributed by atoms with Crippen molar-refractivity contribution in [3.8, 4) is 0 Å². The van der Waals surface area contributed by atoms with E-state index in [1.807, 2.05) is 18.4 Å². The minimum atomic E-state index is -0.135. The number of aryl methyl sites for hydroxylation is 1. The molecule has 0 aliphatic heterocycles. The molecule has 0 saturated heterocycles. The molecule has 0 fully saturated rings. The third-order valence-corrected chi connectivity index (χ3v) is 3.40. The minimum absolute atomic E-state index is 0.135. The molecule has 18 heavy (non-hydrogen) atoms. The van der Waals surface area contributed by atoms with Crippen LogP contribution in [-0.4, -0.2) is 17.4 Å². The van der Waals surface area contributed by atoms with Crippen LogP contribution in [0.2, 0.25) is 0 Å². The van der Waals surface area contributed by atoms with Gasteiger partial charge in [0.25, 0.3) is 5.91 Å². The van der Waals surface area contributed by atoms with E-state index in [0.29, 0.717) is 17.8 Å². The van der Waals surface area contributed by atoms with Gasteiger partial charge in [-0.3, -0.25) is 4.79 Å². The summed E-state index contributed by atoms with van der Waals surface area (Å²) in [5.74, 6) is -0.135. The lowest BCUT2D eigenvalue weighted by Gasteiger charge is -2.07. The zero-order valence-corrected chi connectivity index (χ0v) is 11.0. The number of nitrogen functional groups attached to an aromatic ring is 1. The van der Waals surface area contributed by atoms with Crippen LogP contribution in [0.15, 0.2) is 29.8 Å². The predicted octanol–water partition coefficient (Wildman–Crippen LogP) is 2.01. The molecular weight excluding hydrogens is 246 g/mol. The molecular formula is C13H15N3OS. The van der Waals surface area contributed by atoms with Crippen molar-refractivity contribution in [2.24, 2.45) is 0 Å². The van der Waals surface area contributed by atoms with E-state index in [4.69, 9.17) is 5.73 Å². The SMILES string of the molecule is Cc1ccc(C(=O)NCCc2nccs2)c(N)c1. The summed E-state index contributed by atoms with van der Waals surface area (Å²) in [4.78, 5) is 16.1. The Hall–Kier alpha value is -1.88. The first-order valence-electron chi connectivity index (χ1n) is 5.69. The van der Waals surface area contributed by atoms with Gasteiger partial charge in [0, 0.05) is 30.2 Å². The van der Waals surface area contributed by atoms with Crippen LogP contribution in [0.3, 0.4) is 0 Å². The summed E-state index contributed by atoms with van der Waals surface area (Å²) in [6.45, 7) is 2.51. The highest BCUT2D eigenvalue weighted by Gasteiger charge is 2.09. The van der Waals surface area contributed by atoms with Gasteiger partial charge in [0.05, 0.1) is 10.6 Å². The molecule has 3 N–H and O–H groups in total. The lowest BCUT2D eigenvalue weighted by atomic mass is 10.1. The second-order valence-electron chi connectivity index (χ2n) is 4.02. The van der Waals surface area contributed by atoms with E-state index in [2.05, 4.69) is 10.3 Å². The maximum absolute atomic E-state index is 11.9. The van der Waals surface area contributed by atoms with Crippen molar-refractivity contribution in [2.75, 3.05) is 12.3 Å². The van der Waals surface area contributed by atoms with Gasteiger partial charge in [0.15, 0.2) is 0 Å². The zero-order chi connectivity index (χ0) is 13.0. The van der Waals surface area contributed by atoms with Crippen molar-refractivity contribution in [3.05, 3.63) is 45.9 Å². The average molecular weight is 261 g/mol. The summed E-state index contributed by atoms with van der Waals surface area (Å²) in [6.07, 6.45) is 2.51. The van der Waals surface area contributed by atoms with Crippen LogP contribution in [0.5, 0.6) is 0 Å². The Labute approximate surface area is 110 Å². The summed E-state index contributed by atoms with van der Waals surface area (Å²) in [7, 11) is 0. The molecule has 5 heteroatoms. The Balaban J connectivity index is 1.91. The van der Waals surface area contributed by atoms with Crippen LogP contribution >= 0.6 is 11.3 Å². The van der Waals surface area contributed by atoms with Crippen molar-refractivity contribution < 1.29 is 4.79 Å². The third-order valence-electron chi connectivity index (χ3n) is 2.56. The van der Waals surface area contributed by atoms with Gasteiger partial charge in [-0.2, -0.15) is 0 Å². The Morgan fingerprint density at radius 2 is 2.33 bits per heavy atom. The second-order valence-corrected chi connectivity index (χ2v) is 5.00. The van der Waals surface area contributed by atoms with E-state index >= 15 is 0 Å². The monoisotopic (exact) mass is 261 g/mol. The van der Waals surface area contributed by atoms with E-state index in [9.17, 15) is 4.79 Å². The van der Waals surface area contributed by atoms with Crippen LogP contribution in [-0.2, 0) is 6.42 Å². The van der Waals surface area contributed by atoms with Crippen molar-refractivity contribution >= 4 is 22.9 Å². The number of aromatic nitrogens is 1. The minimum Gasteiger partial charge on any atom is -0.398 e. The molecule has 0 unspecified atom stereocenters. The summed E-state index contributed by atoms with van der Waals surface area (Å²) in [5, 5.41) is 5.79. The molecule has 0 bridgehead atoms. The zero-order valence-electron chi connectivity index (χ0n) is 10.1. The Morgan fingerprint density at radius 1 is 1.50 bits per heavy atom. The van der Waals surface area contributed by atoms with Gasteiger partial charge in [-0.1, -0.05) is 6.07 Å². The molecule has 4 nitrogen and oxygen atoms in total. The molecule has 0 spiro atoms. The quantitative estimate of drug-likeness (QED) is 0.827. The molecule has 0 radical (unpaired) electrons. The standard InChI is InChI=1S/C13H15N3OS/c1-9-2-3-10(11(14)8-9)13(17)16-5-4-12-15-6-7-18-12/h2-3,6-8H,4-5,14H2,1H3,(H,16,17). The molecule has 0 aliphatic carbocycles. The fraction of sp³-hybridized carbons (Fsp3) is 0.231. The van der Waals surface area contributed by atoms with Crippen LogP contribution in [0.4, 0.5) is 5.69 Å². The Kier molecular flexibility index (Phi) is 3.94. The van der Waals surface area contributed by atoms with E-state index < -0.39 is 0 Å². The van der Waals surface area contributed by atoms with Crippen LogP contribution < -0.4 is 11.1 Å². The van der Waals surface area contributed by atoms with Gasteiger partial charge in [-0.25, -0.2) is 4.98 Å². The maximum atomic E-state index is 11.9. The smallest absolute Gasteiger partial charge is 0.253 e. The fourth-order valence-corrected chi connectivity index (χ4v) is 2.26.